The molecule has 0 fully saturated rings. The topological polar surface area (TPSA) is 54.7 Å². The third kappa shape index (κ3) is 1.59. The maximum absolute atomic E-state index is 12.0. The van der Waals surface area contributed by atoms with Crippen molar-refractivity contribution in [1.29, 1.82) is 0 Å². The van der Waals surface area contributed by atoms with Gasteiger partial charge in [0.1, 0.15) is 5.65 Å². The summed E-state index contributed by atoms with van der Waals surface area (Å²) in [5, 5.41) is -0.0188. The van der Waals surface area contributed by atoms with E-state index in [2.05, 4.69) is 4.98 Å². The van der Waals surface area contributed by atoms with Crippen molar-refractivity contribution in [3.05, 3.63) is 29.5 Å². The van der Waals surface area contributed by atoms with Gasteiger partial charge in [0, 0.05) is 20.3 Å². The molecule has 0 aliphatic heterocycles. The summed E-state index contributed by atoms with van der Waals surface area (Å²) in [6.07, 6.45) is 1.62. The molecule has 2 heterocycles. The van der Waals surface area contributed by atoms with Crippen molar-refractivity contribution in [2.75, 3.05) is 14.1 Å². The molecule has 0 saturated carbocycles. The Balaban J connectivity index is 2.84. The second-order valence-corrected chi connectivity index (χ2v) is 5.85. The number of nitrogens with zero attached hydrogens (tertiary/aromatic N) is 3. The standard InChI is InChI=1S/C9H10ClN3O2S/c1-12(2)16(14,15)9-8(10)11-7-5-3-4-6-13(7)9/h3-6H,1-2H3. The van der Waals surface area contributed by atoms with Gasteiger partial charge in [0.05, 0.1) is 0 Å². The lowest BCUT2D eigenvalue weighted by molar-refractivity contribution is 0.516. The zero-order valence-electron chi connectivity index (χ0n) is 8.75. The first-order valence-corrected chi connectivity index (χ1v) is 6.31. The summed E-state index contributed by atoms with van der Waals surface area (Å²) in [6, 6.07) is 5.19. The fraction of sp³-hybridized carbons (Fsp3) is 0.222. The van der Waals surface area contributed by atoms with Crippen molar-refractivity contribution in [1.82, 2.24) is 13.7 Å². The van der Waals surface area contributed by atoms with E-state index in [0.29, 0.717) is 5.65 Å². The fourth-order valence-corrected chi connectivity index (χ4v) is 2.83. The van der Waals surface area contributed by atoms with E-state index in [1.54, 1.807) is 24.4 Å². The van der Waals surface area contributed by atoms with Gasteiger partial charge in [-0.25, -0.2) is 17.7 Å². The van der Waals surface area contributed by atoms with Crippen molar-refractivity contribution >= 4 is 27.3 Å². The third-order valence-electron chi connectivity index (χ3n) is 2.17. The van der Waals surface area contributed by atoms with Crippen LogP contribution in [0.15, 0.2) is 29.4 Å². The van der Waals surface area contributed by atoms with E-state index in [1.807, 2.05) is 0 Å². The van der Waals surface area contributed by atoms with Crippen molar-refractivity contribution < 1.29 is 8.42 Å². The van der Waals surface area contributed by atoms with Crippen molar-refractivity contribution in [3.63, 3.8) is 0 Å². The number of hydrogen-bond acceptors (Lipinski definition) is 3. The van der Waals surface area contributed by atoms with Crippen molar-refractivity contribution in [3.8, 4) is 0 Å². The predicted octanol–water partition coefficient (Wildman–Crippen LogP) is 1.24. The minimum absolute atomic E-state index is 0.00485. The molecule has 2 aromatic heterocycles. The summed E-state index contributed by atoms with van der Waals surface area (Å²) >= 11 is 5.86. The lowest BCUT2D eigenvalue weighted by Crippen LogP contribution is -2.23. The van der Waals surface area contributed by atoms with Crippen LogP contribution in [-0.2, 0) is 10.0 Å². The highest BCUT2D eigenvalue weighted by Gasteiger charge is 2.26. The molecule has 0 N–H and O–H groups in total. The summed E-state index contributed by atoms with van der Waals surface area (Å²) in [7, 11) is -0.684. The van der Waals surface area contributed by atoms with Gasteiger partial charge in [-0.2, -0.15) is 0 Å². The molecule has 7 heteroatoms. The molecule has 0 radical (unpaired) electrons. The van der Waals surface area contributed by atoms with Gasteiger partial charge >= 0.3 is 0 Å². The largest absolute Gasteiger partial charge is 0.288 e. The highest BCUT2D eigenvalue weighted by Crippen LogP contribution is 2.24. The summed E-state index contributed by atoms with van der Waals surface area (Å²) in [4.78, 5) is 3.98. The third-order valence-corrected chi connectivity index (χ3v) is 4.39. The predicted molar refractivity (Wildman–Crippen MR) is 61.1 cm³/mol. The number of halogens is 1. The lowest BCUT2D eigenvalue weighted by Gasteiger charge is -2.10. The Morgan fingerprint density at radius 2 is 2.06 bits per heavy atom. The molecule has 5 nitrogen and oxygen atoms in total. The zero-order chi connectivity index (χ0) is 11.9. The van der Waals surface area contributed by atoms with Crippen LogP contribution in [0.1, 0.15) is 0 Å². The van der Waals surface area contributed by atoms with Crippen LogP contribution in [0, 0.1) is 0 Å². The van der Waals surface area contributed by atoms with E-state index in [4.69, 9.17) is 11.6 Å². The van der Waals surface area contributed by atoms with Crippen LogP contribution in [-0.4, -0.2) is 36.2 Å². The Bertz CT molecular complexity index is 633. The van der Waals surface area contributed by atoms with Crippen molar-refractivity contribution in [2.24, 2.45) is 0 Å². The molecule has 0 unspecified atom stereocenters. The van der Waals surface area contributed by atoms with Gasteiger partial charge in [-0.05, 0) is 12.1 Å². The Morgan fingerprint density at radius 1 is 1.38 bits per heavy atom. The molecule has 0 spiro atoms. The Morgan fingerprint density at radius 3 is 2.69 bits per heavy atom. The van der Waals surface area contributed by atoms with Crippen LogP contribution >= 0.6 is 11.6 Å². The van der Waals surface area contributed by atoms with E-state index >= 15 is 0 Å². The molecule has 0 amide bonds. The minimum atomic E-state index is -3.59. The molecule has 0 atom stereocenters. The van der Waals surface area contributed by atoms with Crippen LogP contribution in [0.3, 0.4) is 0 Å². The molecule has 0 bridgehead atoms. The Labute approximate surface area is 98.3 Å². The number of hydrogen-bond donors (Lipinski definition) is 0. The van der Waals surface area contributed by atoms with Gasteiger partial charge in [-0.1, -0.05) is 17.7 Å². The van der Waals surface area contributed by atoms with E-state index in [1.165, 1.54) is 18.5 Å². The van der Waals surface area contributed by atoms with Gasteiger partial charge in [-0.3, -0.25) is 4.40 Å². The number of rotatable bonds is 2. The molecule has 0 aliphatic rings. The molecule has 86 valence electrons. The van der Waals surface area contributed by atoms with Gasteiger partial charge in [0.15, 0.2) is 10.2 Å². The van der Waals surface area contributed by atoms with E-state index in [-0.39, 0.29) is 10.2 Å². The summed E-state index contributed by atoms with van der Waals surface area (Å²) in [6.45, 7) is 0. The molecule has 2 rings (SSSR count). The Kier molecular flexibility index (Phi) is 2.65. The number of aromatic nitrogens is 2. The number of sulfonamides is 1. The highest BCUT2D eigenvalue weighted by molar-refractivity contribution is 7.89. The monoisotopic (exact) mass is 259 g/mol. The normalized spacial score (nSPS) is 12.5. The maximum atomic E-state index is 12.0. The molecule has 0 aliphatic carbocycles. The van der Waals surface area contributed by atoms with Crippen LogP contribution in [0.4, 0.5) is 0 Å². The second-order valence-electron chi connectivity index (χ2n) is 3.42. The number of imidazole rings is 1. The molecular weight excluding hydrogens is 250 g/mol. The first-order valence-electron chi connectivity index (χ1n) is 4.49. The van der Waals surface area contributed by atoms with Gasteiger partial charge in [0.2, 0.25) is 0 Å². The summed E-state index contributed by atoms with van der Waals surface area (Å²) in [5.41, 5.74) is 0.507. The maximum Gasteiger partial charge on any atom is 0.261 e. The van der Waals surface area contributed by atoms with Gasteiger partial charge in [0.25, 0.3) is 10.0 Å². The van der Waals surface area contributed by atoms with Crippen LogP contribution < -0.4 is 0 Å². The number of pyridine rings is 1. The molecule has 0 saturated heterocycles. The highest BCUT2D eigenvalue weighted by atomic mass is 35.5. The minimum Gasteiger partial charge on any atom is -0.288 e. The first kappa shape index (κ1) is 11.4. The average Bonchev–Trinajstić information content (AvgIpc) is 2.53. The summed E-state index contributed by atoms with van der Waals surface area (Å²) in [5.74, 6) is 0. The number of fused-ring (bicyclic) bond motifs is 1. The fourth-order valence-electron chi connectivity index (χ4n) is 1.35. The summed E-state index contributed by atoms with van der Waals surface area (Å²) < 4.78 is 26.6. The second kappa shape index (κ2) is 3.73. The lowest BCUT2D eigenvalue weighted by atomic mass is 10.5. The van der Waals surface area contributed by atoms with Gasteiger partial charge < -0.3 is 0 Å². The van der Waals surface area contributed by atoms with E-state index in [0.717, 1.165) is 4.31 Å². The van der Waals surface area contributed by atoms with Gasteiger partial charge in [-0.15, -0.1) is 0 Å². The molecule has 16 heavy (non-hydrogen) atoms. The van der Waals surface area contributed by atoms with E-state index < -0.39 is 10.0 Å². The van der Waals surface area contributed by atoms with Crippen LogP contribution in [0.5, 0.6) is 0 Å². The molecule has 2 aromatic rings. The molecule has 0 aromatic carbocycles. The SMILES string of the molecule is CN(C)S(=O)(=O)c1c(Cl)nc2ccccn12. The Hall–Kier alpha value is -1.11. The quantitative estimate of drug-likeness (QED) is 0.815. The zero-order valence-corrected chi connectivity index (χ0v) is 10.3. The van der Waals surface area contributed by atoms with Crippen molar-refractivity contribution in [2.45, 2.75) is 5.03 Å². The van der Waals surface area contributed by atoms with Crippen LogP contribution in [0.2, 0.25) is 5.15 Å². The smallest absolute Gasteiger partial charge is 0.261 e. The molecular formula is C9H10ClN3O2S. The average molecular weight is 260 g/mol. The van der Waals surface area contributed by atoms with E-state index in [9.17, 15) is 8.42 Å². The van der Waals surface area contributed by atoms with Crippen LogP contribution in [0.25, 0.3) is 5.65 Å². The first-order chi connectivity index (χ1) is 7.44.